The zero-order chi connectivity index (χ0) is 20.3. The minimum absolute atomic E-state index is 0.0835. The summed E-state index contributed by atoms with van der Waals surface area (Å²) in [6, 6.07) is 15.3. The lowest BCUT2D eigenvalue weighted by molar-refractivity contribution is -0.155. The van der Waals surface area contributed by atoms with Gasteiger partial charge >= 0.3 is 5.97 Å². The van der Waals surface area contributed by atoms with E-state index in [9.17, 15) is 14.7 Å². The fourth-order valence-corrected chi connectivity index (χ4v) is 4.09. The second-order valence-electron chi connectivity index (χ2n) is 7.12. The molecule has 1 aliphatic carbocycles. The first kappa shape index (κ1) is 20.6. The number of esters is 1. The van der Waals surface area contributed by atoms with Gasteiger partial charge in [0.2, 0.25) is 5.12 Å². The molecule has 0 heterocycles. The van der Waals surface area contributed by atoms with Gasteiger partial charge < -0.3 is 15.6 Å². The SMILES string of the molecule is CCC[C@H](N)[C@@H](O)C(C(=O)S)C(=O)OCC1c2ccccc2-c2ccccc21. The van der Waals surface area contributed by atoms with Gasteiger partial charge in [0.25, 0.3) is 0 Å². The molecule has 0 spiro atoms. The number of benzene rings is 2. The van der Waals surface area contributed by atoms with Crippen LogP contribution in [0, 0.1) is 5.92 Å². The van der Waals surface area contributed by atoms with Crippen molar-refractivity contribution in [1.82, 2.24) is 0 Å². The Bertz CT molecular complexity index is 824. The normalized spacial score (nSPS) is 16.0. The summed E-state index contributed by atoms with van der Waals surface area (Å²) < 4.78 is 5.49. The molecule has 0 radical (unpaired) electrons. The van der Waals surface area contributed by atoms with E-state index in [1.54, 1.807) is 0 Å². The van der Waals surface area contributed by atoms with Gasteiger partial charge in [-0.05, 0) is 28.7 Å². The Morgan fingerprint density at radius 3 is 2.14 bits per heavy atom. The largest absolute Gasteiger partial charge is 0.464 e. The number of nitrogens with two attached hydrogens (primary N) is 1. The van der Waals surface area contributed by atoms with E-state index in [-0.39, 0.29) is 12.5 Å². The molecule has 0 amide bonds. The van der Waals surface area contributed by atoms with Gasteiger partial charge in [0, 0.05) is 12.0 Å². The lowest BCUT2D eigenvalue weighted by Crippen LogP contribution is -2.46. The van der Waals surface area contributed by atoms with Crippen LogP contribution in [0.25, 0.3) is 11.1 Å². The van der Waals surface area contributed by atoms with Crippen molar-refractivity contribution in [2.75, 3.05) is 6.61 Å². The van der Waals surface area contributed by atoms with Crippen LogP contribution in [0.4, 0.5) is 0 Å². The molecule has 0 saturated carbocycles. The molecule has 28 heavy (non-hydrogen) atoms. The van der Waals surface area contributed by atoms with Gasteiger partial charge in [-0.25, -0.2) is 0 Å². The summed E-state index contributed by atoms with van der Waals surface area (Å²) in [7, 11) is 0. The molecule has 2 aromatic carbocycles. The van der Waals surface area contributed by atoms with Crippen LogP contribution < -0.4 is 5.73 Å². The predicted octanol–water partition coefficient (Wildman–Crippen LogP) is 2.90. The van der Waals surface area contributed by atoms with Gasteiger partial charge in [-0.15, -0.1) is 12.6 Å². The molecule has 6 heteroatoms. The highest BCUT2D eigenvalue weighted by atomic mass is 32.1. The Labute approximate surface area is 170 Å². The van der Waals surface area contributed by atoms with E-state index in [0.717, 1.165) is 28.7 Å². The van der Waals surface area contributed by atoms with Crippen LogP contribution in [0.15, 0.2) is 48.5 Å². The Kier molecular flexibility index (Phi) is 6.54. The summed E-state index contributed by atoms with van der Waals surface area (Å²) in [5, 5.41) is 9.62. The number of rotatable bonds is 8. The van der Waals surface area contributed by atoms with Crippen LogP contribution in [0.1, 0.15) is 36.8 Å². The van der Waals surface area contributed by atoms with E-state index >= 15 is 0 Å². The molecule has 3 atom stereocenters. The van der Waals surface area contributed by atoms with Crippen molar-refractivity contribution in [3.63, 3.8) is 0 Å². The number of aliphatic hydroxyl groups is 1. The third-order valence-electron chi connectivity index (χ3n) is 5.28. The standard InChI is InChI=1S/C22H25NO4S/c1-2-7-18(23)20(24)19(22(26)28)21(25)27-12-17-15-10-5-3-8-13(15)14-9-4-6-11-16(14)17/h3-6,8-11,17-20,24H,2,7,12,23H2,1H3,(H,26,28)/t18-,19?,20+/m0/s1. The van der Waals surface area contributed by atoms with Gasteiger partial charge in [0.1, 0.15) is 6.61 Å². The number of thiol groups is 1. The smallest absolute Gasteiger partial charge is 0.320 e. The minimum atomic E-state index is -1.39. The third kappa shape index (κ3) is 3.99. The molecule has 5 nitrogen and oxygen atoms in total. The summed E-state index contributed by atoms with van der Waals surface area (Å²) in [5.41, 5.74) is 10.3. The molecule has 0 fully saturated rings. The molecule has 3 rings (SSSR count). The highest BCUT2D eigenvalue weighted by molar-refractivity contribution is 7.96. The maximum absolute atomic E-state index is 12.6. The van der Waals surface area contributed by atoms with Crippen molar-refractivity contribution < 1.29 is 19.4 Å². The fraction of sp³-hybridized carbons (Fsp3) is 0.364. The number of aliphatic hydroxyl groups excluding tert-OH is 1. The van der Waals surface area contributed by atoms with Crippen LogP contribution in [0.5, 0.6) is 0 Å². The molecule has 0 aromatic heterocycles. The summed E-state index contributed by atoms with van der Waals surface area (Å²) in [5.74, 6) is -2.30. The molecule has 0 saturated heterocycles. The first-order chi connectivity index (χ1) is 13.5. The molecule has 2 aromatic rings. The summed E-state index contributed by atoms with van der Waals surface area (Å²) in [4.78, 5) is 24.5. The number of hydrogen-bond donors (Lipinski definition) is 3. The van der Waals surface area contributed by atoms with Crippen LogP contribution in [-0.2, 0) is 14.3 Å². The summed E-state index contributed by atoms with van der Waals surface area (Å²) >= 11 is 3.77. The van der Waals surface area contributed by atoms with Crippen molar-refractivity contribution in [1.29, 1.82) is 0 Å². The van der Waals surface area contributed by atoms with E-state index in [0.29, 0.717) is 6.42 Å². The average Bonchev–Trinajstić information content (AvgIpc) is 3.00. The monoisotopic (exact) mass is 399 g/mol. The lowest BCUT2D eigenvalue weighted by Gasteiger charge is -2.24. The first-order valence-corrected chi connectivity index (χ1v) is 9.91. The molecule has 0 bridgehead atoms. The zero-order valence-electron chi connectivity index (χ0n) is 15.7. The molecule has 1 unspecified atom stereocenters. The first-order valence-electron chi connectivity index (χ1n) is 9.47. The number of carbonyl (C=O) groups excluding carboxylic acids is 2. The van der Waals surface area contributed by atoms with Gasteiger partial charge in [-0.1, -0.05) is 61.9 Å². The topological polar surface area (TPSA) is 89.6 Å². The zero-order valence-corrected chi connectivity index (χ0v) is 16.6. The van der Waals surface area contributed by atoms with Crippen molar-refractivity contribution in [3.05, 3.63) is 59.7 Å². The lowest BCUT2D eigenvalue weighted by atomic mass is 9.94. The van der Waals surface area contributed by atoms with E-state index in [1.807, 2.05) is 55.5 Å². The highest BCUT2D eigenvalue weighted by Gasteiger charge is 2.38. The van der Waals surface area contributed by atoms with Gasteiger partial charge in [0.05, 0.1) is 6.10 Å². The molecule has 148 valence electrons. The maximum atomic E-state index is 12.6. The maximum Gasteiger partial charge on any atom is 0.320 e. The highest BCUT2D eigenvalue weighted by Crippen LogP contribution is 2.44. The van der Waals surface area contributed by atoms with Crippen molar-refractivity contribution in [2.24, 2.45) is 11.7 Å². The Morgan fingerprint density at radius 2 is 1.64 bits per heavy atom. The molecule has 3 N–H and O–H groups in total. The fourth-order valence-electron chi connectivity index (χ4n) is 3.83. The predicted molar refractivity (Wildman–Crippen MR) is 111 cm³/mol. The quantitative estimate of drug-likeness (QED) is 0.361. The van der Waals surface area contributed by atoms with Gasteiger partial charge in [0.15, 0.2) is 5.92 Å². The third-order valence-corrected chi connectivity index (χ3v) is 5.56. The summed E-state index contributed by atoms with van der Waals surface area (Å²) in [6.45, 7) is 2.00. The van der Waals surface area contributed by atoms with Gasteiger partial charge in [-0.3, -0.25) is 9.59 Å². The second-order valence-corrected chi connectivity index (χ2v) is 7.56. The van der Waals surface area contributed by atoms with Crippen LogP contribution in [0.3, 0.4) is 0 Å². The van der Waals surface area contributed by atoms with Crippen LogP contribution in [-0.4, -0.2) is 34.9 Å². The van der Waals surface area contributed by atoms with Gasteiger partial charge in [-0.2, -0.15) is 0 Å². The molecule has 0 aliphatic heterocycles. The average molecular weight is 400 g/mol. The number of fused-ring (bicyclic) bond motifs is 3. The molecular formula is C22H25NO4S. The number of carbonyl (C=O) groups is 2. The summed E-state index contributed by atoms with van der Waals surface area (Å²) in [6.07, 6.45) is -0.0909. The minimum Gasteiger partial charge on any atom is -0.464 e. The Balaban J connectivity index is 1.77. The van der Waals surface area contributed by atoms with E-state index < -0.39 is 29.1 Å². The Morgan fingerprint density at radius 1 is 1.11 bits per heavy atom. The van der Waals surface area contributed by atoms with Crippen molar-refractivity contribution in [2.45, 2.75) is 37.8 Å². The van der Waals surface area contributed by atoms with Crippen molar-refractivity contribution in [3.8, 4) is 11.1 Å². The molecule has 1 aliphatic rings. The Hall–Kier alpha value is -2.15. The van der Waals surface area contributed by atoms with E-state index in [1.165, 1.54) is 0 Å². The van der Waals surface area contributed by atoms with Crippen LogP contribution in [0.2, 0.25) is 0 Å². The van der Waals surface area contributed by atoms with E-state index in [4.69, 9.17) is 10.5 Å². The number of ether oxygens (including phenoxy) is 1. The number of hydrogen-bond acceptors (Lipinski definition) is 5. The van der Waals surface area contributed by atoms with Crippen molar-refractivity contribution >= 4 is 23.7 Å². The van der Waals surface area contributed by atoms with E-state index in [2.05, 4.69) is 12.6 Å². The molecular weight excluding hydrogens is 374 g/mol. The van der Waals surface area contributed by atoms with Crippen LogP contribution >= 0.6 is 12.6 Å². The second kappa shape index (κ2) is 8.90.